The predicted molar refractivity (Wildman–Crippen MR) is 242 cm³/mol. The number of carbonyl (C=O) groups excluding carboxylic acids is 1. The number of hydrogen-bond donors (Lipinski definition) is 4. The number of H-pyrrole nitrogens is 1. The van der Waals surface area contributed by atoms with Gasteiger partial charge in [0.25, 0.3) is 5.56 Å². The Labute approximate surface area is 370 Å². The molecule has 0 radical (unpaired) electrons. The number of aliphatic hydroxyl groups is 1. The molecule has 0 aliphatic carbocycles. The van der Waals surface area contributed by atoms with Gasteiger partial charge in [-0.15, -0.1) is 0 Å². The van der Waals surface area contributed by atoms with E-state index in [9.17, 15) is 14.7 Å². The van der Waals surface area contributed by atoms with Gasteiger partial charge in [-0.1, -0.05) is 103 Å². The summed E-state index contributed by atoms with van der Waals surface area (Å²) >= 11 is 3.39. The van der Waals surface area contributed by atoms with Gasteiger partial charge in [-0.2, -0.15) is 9.88 Å². The van der Waals surface area contributed by atoms with Crippen LogP contribution in [0.25, 0.3) is 11.2 Å². The van der Waals surface area contributed by atoms with Gasteiger partial charge in [0.1, 0.15) is 29.4 Å². The molecule has 4 N–H and O–H groups in total. The number of carbonyl (C=O) groups is 1. The lowest BCUT2D eigenvalue weighted by Crippen LogP contribution is -2.38. The molecular weight excluding hydrogens is 879 g/mol. The number of aromatic amines is 1. The molecule has 0 bridgehead atoms. The first-order valence-corrected chi connectivity index (χ1v) is 21.7. The Morgan fingerprint density at radius 1 is 0.919 bits per heavy atom. The summed E-state index contributed by atoms with van der Waals surface area (Å²) in [5.74, 6) is 1.03. The number of nitrogens with one attached hydrogen (secondary N) is 2. The van der Waals surface area contributed by atoms with Crippen molar-refractivity contribution in [3.8, 4) is 11.5 Å². The fourth-order valence-electron chi connectivity index (χ4n) is 7.15. The molecule has 1 saturated heterocycles. The maximum Gasteiger partial charge on any atom is 0.491 e. The number of aliphatic hydroxyl groups excluding tert-OH is 1. The molecule has 6 aromatic rings. The van der Waals surface area contributed by atoms with E-state index in [1.54, 1.807) is 18.8 Å². The Bertz CT molecular complexity index is 2330. The highest BCUT2D eigenvalue weighted by atomic mass is 79.9. The van der Waals surface area contributed by atoms with Gasteiger partial charge in [-0.3, -0.25) is 24.5 Å². The number of rotatable bonds is 15. The van der Waals surface area contributed by atoms with Crippen molar-refractivity contribution >= 4 is 47.6 Å². The number of fused-ring (bicyclic) bond motifs is 1. The van der Waals surface area contributed by atoms with Crippen LogP contribution in [0.3, 0.4) is 0 Å². The molecular formula is C45H53BrN6O9P+. The van der Waals surface area contributed by atoms with E-state index in [0.29, 0.717) is 11.5 Å². The fraction of sp³-hybridized carbons (Fsp3) is 0.333. The van der Waals surface area contributed by atoms with Crippen LogP contribution in [0, 0.1) is 0 Å². The molecule has 3 heterocycles. The van der Waals surface area contributed by atoms with E-state index in [2.05, 4.69) is 61.9 Å². The van der Waals surface area contributed by atoms with E-state index in [1.807, 2.05) is 103 Å². The van der Waals surface area contributed by atoms with Crippen LogP contribution < -0.4 is 20.3 Å². The number of imidazole rings is 1. The van der Waals surface area contributed by atoms with E-state index >= 15 is 0 Å². The standard InChI is InChI=1S/C39H36BrN5O7.C6H15N.HO2P/c1-49-29-16-10-26(11-17-29)39(25-6-4-3-5-7-25,27-12-18-30(50-2)19-13-27)51-22-32-31(46)21-34(52-32)45-23-41-35-36(45)43-38(44-37(35)48)42-33(47)20-24-8-14-28(40)15-9-24;1-4-7(5-2)6-3;1-3-2/h3-19,23,31-32,34,46H,20-22H2,1-2H3,(H2,42,43,44,47,48);4-6H2,1-3H3;3H/p+1/t31-,32+,34+;;/m0../s1. The molecule has 17 heteroatoms. The Morgan fingerprint density at radius 2 is 1.47 bits per heavy atom. The monoisotopic (exact) mass is 931 g/mol. The van der Waals surface area contributed by atoms with Crippen molar-refractivity contribution in [3.05, 3.63) is 147 Å². The molecule has 2 aromatic heterocycles. The first kappa shape index (κ1) is 47.7. The first-order chi connectivity index (χ1) is 30.0. The van der Waals surface area contributed by atoms with Crippen LogP contribution >= 0.6 is 24.6 Å². The summed E-state index contributed by atoms with van der Waals surface area (Å²) in [7, 11) is 2.07. The number of hydrogen-bond acceptors (Lipinski definition) is 11. The average molecular weight is 933 g/mol. The number of benzene rings is 4. The minimum absolute atomic E-state index is 0.00260. The second kappa shape index (κ2) is 23.2. The van der Waals surface area contributed by atoms with Crippen molar-refractivity contribution in [1.29, 1.82) is 0 Å². The van der Waals surface area contributed by atoms with Gasteiger partial charge in [0.15, 0.2) is 11.2 Å². The van der Waals surface area contributed by atoms with Crippen LogP contribution in [0.1, 0.15) is 55.7 Å². The lowest BCUT2D eigenvalue weighted by Gasteiger charge is -2.37. The van der Waals surface area contributed by atoms with Crippen molar-refractivity contribution in [2.75, 3.05) is 45.8 Å². The Kier molecular flexibility index (Phi) is 17.9. The van der Waals surface area contributed by atoms with Crippen LogP contribution in [0.2, 0.25) is 0 Å². The van der Waals surface area contributed by atoms with Crippen LogP contribution in [-0.4, -0.2) is 93.0 Å². The van der Waals surface area contributed by atoms with Crippen molar-refractivity contribution in [3.63, 3.8) is 0 Å². The van der Waals surface area contributed by atoms with Crippen molar-refractivity contribution in [2.45, 2.75) is 57.6 Å². The average Bonchev–Trinajstić information content (AvgIpc) is 3.89. The van der Waals surface area contributed by atoms with E-state index in [4.69, 9.17) is 28.4 Å². The summed E-state index contributed by atoms with van der Waals surface area (Å²) < 4.78 is 35.3. The highest BCUT2D eigenvalue weighted by Crippen LogP contribution is 2.43. The number of halogens is 1. The first-order valence-electron chi connectivity index (χ1n) is 20.1. The fourth-order valence-corrected chi connectivity index (χ4v) is 7.41. The topological polar surface area (TPSA) is 190 Å². The lowest BCUT2D eigenvalue weighted by atomic mass is 9.80. The number of ether oxygens (including phenoxy) is 4. The Balaban J connectivity index is 0.000000654. The summed E-state index contributed by atoms with van der Waals surface area (Å²) in [4.78, 5) is 46.6. The molecule has 15 nitrogen and oxygen atoms in total. The van der Waals surface area contributed by atoms with Crippen molar-refractivity contribution in [1.82, 2.24) is 24.4 Å². The molecule has 1 aliphatic heterocycles. The molecule has 1 amide bonds. The summed E-state index contributed by atoms with van der Waals surface area (Å²) in [5.41, 5.74) is 2.00. The summed E-state index contributed by atoms with van der Waals surface area (Å²) in [6.07, 6.45) is -0.677. The van der Waals surface area contributed by atoms with Gasteiger partial charge >= 0.3 is 8.69 Å². The number of anilines is 1. The van der Waals surface area contributed by atoms with Crippen LogP contribution in [0.15, 0.2) is 119 Å². The maximum absolute atomic E-state index is 13.0. The SMILES string of the molecule is CCN(CC)CC.COc1ccc(C(OC[C@H]2O[C@@H](n3cnc4c(=O)[nH]c(NC(=O)Cc5ccc(Br)cc5)nc43)C[C@@H]2O)(c2ccccc2)c2ccc(OC)cc2)cc1.O=[PH+]O. The highest BCUT2D eigenvalue weighted by molar-refractivity contribution is 9.10. The smallest absolute Gasteiger partial charge is 0.491 e. The molecule has 0 saturated carbocycles. The molecule has 4 aromatic carbocycles. The van der Waals surface area contributed by atoms with Crippen molar-refractivity contribution in [2.24, 2.45) is 0 Å². The van der Waals surface area contributed by atoms with E-state index in [-0.39, 0.29) is 42.5 Å². The van der Waals surface area contributed by atoms with E-state index in [0.717, 1.165) is 26.7 Å². The van der Waals surface area contributed by atoms with E-state index in [1.165, 1.54) is 26.0 Å². The third-order valence-corrected chi connectivity index (χ3v) is 11.0. The van der Waals surface area contributed by atoms with Crippen molar-refractivity contribution < 1.29 is 38.3 Å². The largest absolute Gasteiger partial charge is 0.497 e. The minimum Gasteiger partial charge on any atom is -0.497 e. The zero-order chi connectivity index (χ0) is 44.6. The number of methoxy groups -OCH3 is 2. The van der Waals surface area contributed by atoms with Crippen LogP contribution in [0.4, 0.5) is 5.95 Å². The minimum atomic E-state index is -1.17. The third kappa shape index (κ3) is 11.8. The highest BCUT2D eigenvalue weighted by Gasteiger charge is 2.42. The number of amides is 1. The molecule has 1 unspecified atom stereocenters. The van der Waals surface area contributed by atoms with Gasteiger partial charge < -0.3 is 29.0 Å². The van der Waals surface area contributed by atoms with Gasteiger partial charge in [0.2, 0.25) is 11.9 Å². The summed E-state index contributed by atoms with van der Waals surface area (Å²) in [6, 6.07) is 32.6. The summed E-state index contributed by atoms with van der Waals surface area (Å²) in [5, 5.41) is 14.0. The third-order valence-electron chi connectivity index (χ3n) is 10.5. The second-order valence-electron chi connectivity index (χ2n) is 14.0. The normalized spacial score (nSPS) is 16.0. The molecule has 1 aliphatic rings. The molecule has 0 spiro atoms. The van der Waals surface area contributed by atoms with Gasteiger partial charge in [-0.25, -0.2) is 4.98 Å². The van der Waals surface area contributed by atoms with Gasteiger partial charge in [0.05, 0.1) is 39.7 Å². The zero-order valence-electron chi connectivity index (χ0n) is 35.3. The zero-order valence-corrected chi connectivity index (χ0v) is 37.9. The van der Waals surface area contributed by atoms with Gasteiger partial charge in [0, 0.05) is 10.9 Å². The summed E-state index contributed by atoms with van der Waals surface area (Å²) in [6.45, 7) is 10.1. The van der Waals surface area contributed by atoms with Gasteiger partial charge in [-0.05, 0) is 82.9 Å². The quantitative estimate of drug-likeness (QED) is 0.0610. The second-order valence-corrected chi connectivity index (χ2v) is 15.1. The molecule has 62 heavy (non-hydrogen) atoms. The van der Waals surface area contributed by atoms with Crippen LogP contribution in [0.5, 0.6) is 11.5 Å². The number of nitrogens with zero attached hydrogens (tertiary/aromatic N) is 4. The molecule has 7 rings (SSSR count). The maximum atomic E-state index is 13.0. The molecule has 328 valence electrons. The number of aromatic nitrogens is 4. The van der Waals surface area contributed by atoms with E-state index < -0.39 is 38.3 Å². The molecule has 4 atom stereocenters. The Hall–Kier alpha value is -5.32. The van der Waals surface area contributed by atoms with Crippen LogP contribution in [-0.2, 0) is 30.9 Å². The lowest BCUT2D eigenvalue weighted by molar-refractivity contribution is -0.115. The molecule has 1 fully saturated rings. The predicted octanol–water partition coefficient (Wildman–Crippen LogP) is 7.00. The Morgan fingerprint density at radius 3 is 1.98 bits per heavy atom.